The average molecular weight is 598 g/mol. The normalized spacial score (nSPS) is 19.7. The summed E-state index contributed by atoms with van der Waals surface area (Å²) in [6, 6.07) is 22.1. The van der Waals surface area contributed by atoms with Crippen LogP contribution in [0, 0.1) is 5.92 Å². The summed E-state index contributed by atoms with van der Waals surface area (Å²) in [5.41, 5.74) is 5.66. The molecule has 3 aromatic carbocycles. The van der Waals surface area contributed by atoms with E-state index in [0.29, 0.717) is 45.1 Å². The zero-order valence-electron chi connectivity index (χ0n) is 26.2. The van der Waals surface area contributed by atoms with Crippen molar-refractivity contribution in [1.29, 1.82) is 0 Å². The molecular weight excluding hydrogens is 554 g/mol. The Morgan fingerprint density at radius 1 is 1.02 bits per heavy atom. The lowest BCUT2D eigenvalue weighted by Crippen LogP contribution is -2.47. The van der Waals surface area contributed by atoms with Gasteiger partial charge in [-0.1, -0.05) is 61.5 Å². The first kappa shape index (κ1) is 30.2. The SMILES string of the molecule is C[C@H](CO)N1C[C@H](C)[C@H](CN(C)Cc2cccc3c2OCCCO3)OCc2ccccc2-c2c(n(C)c3ccccc23)C1=O. The van der Waals surface area contributed by atoms with E-state index in [9.17, 15) is 9.90 Å². The fourth-order valence-electron chi connectivity index (χ4n) is 6.57. The third kappa shape index (κ3) is 5.82. The van der Waals surface area contributed by atoms with Gasteiger partial charge in [0.25, 0.3) is 5.91 Å². The van der Waals surface area contributed by atoms with E-state index >= 15 is 0 Å². The van der Waals surface area contributed by atoms with Crippen LogP contribution in [0.2, 0.25) is 0 Å². The fraction of sp³-hybridized carbons (Fsp3) is 0.417. The van der Waals surface area contributed by atoms with E-state index in [1.807, 2.05) is 59.8 Å². The van der Waals surface area contributed by atoms with Gasteiger partial charge in [0.2, 0.25) is 0 Å². The average Bonchev–Trinajstić information content (AvgIpc) is 3.16. The number of aryl methyl sites for hydroxylation is 1. The zero-order valence-corrected chi connectivity index (χ0v) is 26.2. The summed E-state index contributed by atoms with van der Waals surface area (Å²) in [7, 11) is 4.05. The molecular formula is C36H43N3O5. The van der Waals surface area contributed by atoms with Gasteiger partial charge in [-0.05, 0) is 37.2 Å². The molecule has 2 aliphatic heterocycles. The summed E-state index contributed by atoms with van der Waals surface area (Å²) in [5, 5.41) is 11.3. The van der Waals surface area contributed by atoms with Crippen LogP contribution in [0.3, 0.4) is 0 Å². The van der Waals surface area contributed by atoms with E-state index in [-0.39, 0.29) is 30.6 Å². The molecule has 44 heavy (non-hydrogen) atoms. The molecule has 3 atom stereocenters. The van der Waals surface area contributed by atoms with Crippen molar-refractivity contribution in [1.82, 2.24) is 14.4 Å². The van der Waals surface area contributed by atoms with Crippen LogP contribution in [0.1, 0.15) is 41.9 Å². The van der Waals surface area contributed by atoms with Gasteiger partial charge in [-0.15, -0.1) is 0 Å². The third-order valence-electron chi connectivity index (χ3n) is 9.01. The summed E-state index contributed by atoms with van der Waals surface area (Å²) in [4.78, 5) is 18.6. The molecule has 232 valence electrons. The number of fused-ring (bicyclic) bond motifs is 6. The molecule has 3 heterocycles. The quantitative estimate of drug-likeness (QED) is 0.317. The number of ether oxygens (including phenoxy) is 3. The molecule has 6 rings (SSSR count). The summed E-state index contributed by atoms with van der Waals surface area (Å²) in [6.07, 6.45) is 0.687. The standard InChI is InChI=1S/C36H43N3O5/c1-24-19-39(25(2)22-40)36(41)34-33(29-14-7-8-15-30(29)38(34)4)28-13-6-5-11-27(28)23-44-32(24)21-37(3)20-26-12-9-16-31-35(26)43-18-10-17-42-31/h5-9,11-16,24-25,32,40H,10,17-23H2,1-4H3/t24-,25+,32-/m0/s1. The molecule has 1 N–H and O–H groups in total. The van der Waals surface area contributed by atoms with E-state index in [2.05, 4.69) is 49.2 Å². The second kappa shape index (κ2) is 13.0. The number of rotatable bonds is 6. The largest absolute Gasteiger partial charge is 0.490 e. The maximum atomic E-state index is 14.6. The molecule has 0 radical (unpaired) electrons. The van der Waals surface area contributed by atoms with E-state index in [1.54, 1.807) is 0 Å². The molecule has 0 bridgehead atoms. The highest BCUT2D eigenvalue weighted by Crippen LogP contribution is 2.39. The number of hydrogen-bond donors (Lipinski definition) is 1. The number of carbonyl (C=O) groups is 1. The molecule has 0 unspecified atom stereocenters. The minimum absolute atomic E-state index is 0.00808. The van der Waals surface area contributed by atoms with Crippen molar-refractivity contribution < 1.29 is 24.1 Å². The van der Waals surface area contributed by atoms with Crippen LogP contribution in [-0.4, -0.2) is 77.5 Å². The van der Waals surface area contributed by atoms with Crippen molar-refractivity contribution in [3.8, 4) is 22.6 Å². The van der Waals surface area contributed by atoms with E-state index < -0.39 is 0 Å². The smallest absolute Gasteiger partial charge is 0.271 e. The second-order valence-electron chi connectivity index (χ2n) is 12.3. The maximum absolute atomic E-state index is 14.6. The Bertz CT molecular complexity index is 1630. The lowest BCUT2D eigenvalue weighted by Gasteiger charge is -2.35. The number of nitrogens with zero attached hydrogens (tertiary/aromatic N) is 3. The van der Waals surface area contributed by atoms with E-state index in [4.69, 9.17) is 14.2 Å². The molecule has 0 saturated heterocycles. The first-order valence-electron chi connectivity index (χ1n) is 15.6. The molecule has 8 nitrogen and oxygen atoms in total. The van der Waals surface area contributed by atoms with Gasteiger partial charge in [0.05, 0.1) is 38.6 Å². The Labute approximate surface area is 259 Å². The van der Waals surface area contributed by atoms with Gasteiger partial charge >= 0.3 is 0 Å². The minimum atomic E-state index is -0.359. The van der Waals surface area contributed by atoms with Crippen LogP contribution in [0.25, 0.3) is 22.0 Å². The molecule has 8 heteroatoms. The Balaban J connectivity index is 1.36. The first-order valence-corrected chi connectivity index (χ1v) is 15.6. The molecule has 4 aromatic rings. The number of benzene rings is 3. The van der Waals surface area contributed by atoms with Crippen molar-refractivity contribution in [2.45, 2.75) is 45.6 Å². The molecule has 0 spiro atoms. The van der Waals surface area contributed by atoms with Crippen LogP contribution in [0.5, 0.6) is 11.5 Å². The zero-order chi connectivity index (χ0) is 30.8. The number of carbonyl (C=O) groups excluding carboxylic acids is 1. The van der Waals surface area contributed by atoms with Crippen LogP contribution in [-0.2, 0) is 24.9 Å². The Morgan fingerprint density at radius 2 is 1.80 bits per heavy atom. The molecule has 1 amide bonds. The lowest BCUT2D eigenvalue weighted by molar-refractivity contribution is -0.0242. The summed E-state index contributed by atoms with van der Waals surface area (Å²) < 4.78 is 20.8. The summed E-state index contributed by atoms with van der Waals surface area (Å²) >= 11 is 0. The highest BCUT2D eigenvalue weighted by molar-refractivity contribution is 6.10. The van der Waals surface area contributed by atoms with Crippen molar-refractivity contribution >= 4 is 16.8 Å². The number of amides is 1. The second-order valence-corrected chi connectivity index (χ2v) is 12.3. The molecule has 0 aliphatic carbocycles. The van der Waals surface area contributed by atoms with Crippen molar-refractivity contribution in [3.05, 3.63) is 83.6 Å². The van der Waals surface area contributed by atoms with E-state index in [0.717, 1.165) is 51.1 Å². The number of hydrogen-bond acceptors (Lipinski definition) is 6. The number of para-hydroxylation sites is 2. The van der Waals surface area contributed by atoms with Crippen molar-refractivity contribution in [2.24, 2.45) is 13.0 Å². The van der Waals surface area contributed by atoms with Gasteiger partial charge in [0.1, 0.15) is 5.69 Å². The predicted molar refractivity (Wildman–Crippen MR) is 172 cm³/mol. The van der Waals surface area contributed by atoms with Gasteiger partial charge in [-0.25, -0.2) is 0 Å². The summed E-state index contributed by atoms with van der Waals surface area (Å²) in [5.74, 6) is 1.52. The Morgan fingerprint density at radius 3 is 2.64 bits per heavy atom. The lowest BCUT2D eigenvalue weighted by atomic mass is 9.96. The topological polar surface area (TPSA) is 76.4 Å². The third-order valence-corrected chi connectivity index (χ3v) is 9.01. The maximum Gasteiger partial charge on any atom is 0.271 e. The Kier molecular flexibility index (Phi) is 8.93. The van der Waals surface area contributed by atoms with Gasteiger partial charge in [0, 0.05) is 61.1 Å². The Hall–Kier alpha value is -3.85. The first-order chi connectivity index (χ1) is 21.4. The van der Waals surface area contributed by atoms with E-state index in [1.165, 1.54) is 0 Å². The highest BCUT2D eigenvalue weighted by atomic mass is 16.5. The molecule has 0 saturated carbocycles. The molecule has 0 fully saturated rings. The van der Waals surface area contributed by atoms with Crippen LogP contribution >= 0.6 is 0 Å². The summed E-state index contributed by atoms with van der Waals surface area (Å²) in [6.45, 7) is 7.41. The van der Waals surface area contributed by atoms with Crippen molar-refractivity contribution in [2.75, 3.05) is 40.0 Å². The van der Waals surface area contributed by atoms with Gasteiger partial charge in [0.15, 0.2) is 11.5 Å². The van der Waals surface area contributed by atoms with Crippen molar-refractivity contribution in [3.63, 3.8) is 0 Å². The predicted octanol–water partition coefficient (Wildman–Crippen LogP) is 5.50. The van der Waals surface area contributed by atoms with Gasteiger partial charge in [-0.2, -0.15) is 0 Å². The fourth-order valence-corrected chi connectivity index (χ4v) is 6.57. The number of aromatic nitrogens is 1. The number of likely N-dealkylation sites (N-methyl/N-ethyl adjacent to an activating group) is 1. The van der Waals surface area contributed by atoms with Gasteiger partial charge < -0.3 is 28.8 Å². The minimum Gasteiger partial charge on any atom is -0.490 e. The highest BCUT2D eigenvalue weighted by Gasteiger charge is 2.33. The van der Waals surface area contributed by atoms with Crippen LogP contribution in [0.15, 0.2) is 66.7 Å². The number of aliphatic hydroxyl groups is 1. The monoisotopic (exact) mass is 597 g/mol. The van der Waals surface area contributed by atoms with Crippen LogP contribution < -0.4 is 9.47 Å². The van der Waals surface area contributed by atoms with Gasteiger partial charge in [-0.3, -0.25) is 9.69 Å². The molecule has 1 aromatic heterocycles. The molecule has 2 aliphatic rings. The number of aliphatic hydroxyl groups excluding tert-OH is 1. The van der Waals surface area contributed by atoms with Crippen LogP contribution in [0.4, 0.5) is 0 Å².